The third-order valence-corrected chi connectivity index (χ3v) is 9.47. The van der Waals surface area contributed by atoms with Crippen LogP contribution < -0.4 is 5.32 Å². The molecule has 2 saturated heterocycles. The van der Waals surface area contributed by atoms with Gasteiger partial charge in [0.1, 0.15) is 48.8 Å². The quantitative estimate of drug-likeness (QED) is 0.0454. The second-order valence-corrected chi connectivity index (χ2v) is 13.7. The average Bonchev–Trinajstić information content (AvgIpc) is 3.11. The Kier molecular flexibility index (Phi) is 23.0. The maximum absolute atomic E-state index is 12.7. The Bertz CT molecular complexity index is 909. The largest absolute Gasteiger partial charge is 0.394 e. The van der Waals surface area contributed by atoms with E-state index in [0.717, 1.165) is 32.1 Å². The van der Waals surface area contributed by atoms with Gasteiger partial charge in [-0.25, -0.2) is 0 Å². The van der Waals surface area contributed by atoms with Crippen molar-refractivity contribution in [2.45, 2.75) is 190 Å². The molecule has 0 aliphatic carbocycles. The minimum absolute atomic E-state index is 0.267. The summed E-state index contributed by atoms with van der Waals surface area (Å²) in [5.74, 6) is -0.267. The molecular formula is C36H67NO13. The number of amides is 1. The van der Waals surface area contributed by atoms with E-state index in [1.807, 2.05) is 13.0 Å². The van der Waals surface area contributed by atoms with E-state index in [1.165, 1.54) is 57.8 Å². The fourth-order valence-electron chi connectivity index (χ4n) is 6.23. The standard InChI is InChI=1S/C36H67NO13/c1-3-5-7-8-9-10-11-12-13-14-15-16-18-19-25(40)24(37-28(41)20-17-6-4-2)23-47-35-33(46)31(44)34(27(22-39)49-35)50-36-32(45)30(43)29(42)26(21-38)48-36/h18-19,24-27,29-36,38-40,42-46H,3-17,20-23H2,1-2H3,(H,37,41)/b19-18+. The molecule has 2 rings (SSSR count). The summed E-state index contributed by atoms with van der Waals surface area (Å²) in [6.07, 6.45) is 3.73. The van der Waals surface area contributed by atoms with Crippen molar-refractivity contribution in [3.8, 4) is 0 Å². The average molecular weight is 722 g/mol. The molecule has 9 N–H and O–H groups in total. The van der Waals surface area contributed by atoms with E-state index < -0.39 is 86.8 Å². The van der Waals surface area contributed by atoms with E-state index in [1.54, 1.807) is 6.08 Å². The van der Waals surface area contributed by atoms with Crippen LogP contribution in [0.1, 0.15) is 117 Å². The van der Waals surface area contributed by atoms with Gasteiger partial charge in [0, 0.05) is 6.42 Å². The molecule has 2 aliphatic rings. The summed E-state index contributed by atoms with van der Waals surface area (Å²) >= 11 is 0. The number of rotatable bonds is 26. The molecule has 2 fully saturated rings. The summed E-state index contributed by atoms with van der Waals surface area (Å²) < 4.78 is 22.4. The molecule has 2 aliphatic heterocycles. The lowest BCUT2D eigenvalue weighted by atomic mass is 9.97. The zero-order chi connectivity index (χ0) is 36.9. The van der Waals surface area contributed by atoms with Gasteiger partial charge in [-0.15, -0.1) is 0 Å². The van der Waals surface area contributed by atoms with Crippen molar-refractivity contribution in [1.29, 1.82) is 0 Å². The van der Waals surface area contributed by atoms with Crippen LogP contribution in [0.3, 0.4) is 0 Å². The Morgan fingerprint density at radius 1 is 0.700 bits per heavy atom. The smallest absolute Gasteiger partial charge is 0.220 e. The Morgan fingerprint density at radius 3 is 1.84 bits per heavy atom. The Balaban J connectivity index is 1.92. The van der Waals surface area contributed by atoms with Gasteiger partial charge < -0.3 is 65.1 Å². The number of ether oxygens (including phenoxy) is 4. The highest BCUT2D eigenvalue weighted by atomic mass is 16.7. The van der Waals surface area contributed by atoms with Gasteiger partial charge in [0.25, 0.3) is 0 Å². The van der Waals surface area contributed by atoms with Crippen molar-refractivity contribution in [2.24, 2.45) is 0 Å². The van der Waals surface area contributed by atoms with Crippen molar-refractivity contribution in [2.75, 3.05) is 19.8 Å². The fourth-order valence-corrected chi connectivity index (χ4v) is 6.23. The minimum atomic E-state index is -1.78. The molecule has 0 bridgehead atoms. The maximum atomic E-state index is 12.7. The third kappa shape index (κ3) is 15.4. The monoisotopic (exact) mass is 721 g/mol. The van der Waals surface area contributed by atoms with Crippen LogP contribution in [0.4, 0.5) is 0 Å². The first-order valence-electron chi connectivity index (χ1n) is 18.9. The molecule has 0 aromatic carbocycles. The van der Waals surface area contributed by atoms with Gasteiger partial charge in [-0.1, -0.05) is 103 Å². The first-order chi connectivity index (χ1) is 24.1. The number of aliphatic hydroxyl groups is 8. The number of carbonyl (C=O) groups is 1. The molecule has 0 aromatic rings. The third-order valence-electron chi connectivity index (χ3n) is 9.47. The Morgan fingerprint density at radius 2 is 1.24 bits per heavy atom. The normalized spacial score (nSPS) is 31.6. The molecule has 12 unspecified atom stereocenters. The highest BCUT2D eigenvalue weighted by molar-refractivity contribution is 5.76. The van der Waals surface area contributed by atoms with Gasteiger partial charge in [0.2, 0.25) is 5.91 Å². The van der Waals surface area contributed by atoms with E-state index in [2.05, 4.69) is 12.2 Å². The highest BCUT2D eigenvalue weighted by Gasteiger charge is 2.50. The number of nitrogens with one attached hydrogen (secondary N) is 1. The van der Waals surface area contributed by atoms with Gasteiger partial charge in [0.05, 0.1) is 32.0 Å². The summed E-state index contributed by atoms with van der Waals surface area (Å²) in [5.41, 5.74) is 0. The molecule has 0 spiro atoms. The molecule has 0 radical (unpaired) electrons. The second-order valence-electron chi connectivity index (χ2n) is 13.7. The number of aliphatic hydroxyl groups excluding tert-OH is 8. The zero-order valence-corrected chi connectivity index (χ0v) is 30.1. The molecule has 2 heterocycles. The van der Waals surface area contributed by atoms with E-state index in [9.17, 15) is 45.6 Å². The van der Waals surface area contributed by atoms with Gasteiger partial charge in [-0.3, -0.25) is 4.79 Å². The van der Waals surface area contributed by atoms with Crippen LogP contribution >= 0.6 is 0 Å². The van der Waals surface area contributed by atoms with Crippen molar-refractivity contribution < 1.29 is 64.6 Å². The number of allylic oxidation sites excluding steroid dienone is 1. The lowest BCUT2D eigenvalue weighted by Crippen LogP contribution is -2.65. The zero-order valence-electron chi connectivity index (χ0n) is 30.1. The van der Waals surface area contributed by atoms with Crippen molar-refractivity contribution in [3.63, 3.8) is 0 Å². The first-order valence-corrected chi connectivity index (χ1v) is 18.9. The molecule has 0 aromatic heterocycles. The number of hydrogen-bond donors (Lipinski definition) is 9. The predicted molar refractivity (Wildman–Crippen MR) is 185 cm³/mol. The molecule has 14 heteroatoms. The fraction of sp³-hybridized carbons (Fsp3) is 0.917. The van der Waals surface area contributed by atoms with E-state index in [-0.39, 0.29) is 18.9 Å². The SMILES string of the molecule is CCCCCCCCCCCCC/C=C/C(O)C(COC1OC(CO)C(OC2OC(CO)C(O)C(O)C2O)C(O)C1O)NC(=O)CCCCC. The highest BCUT2D eigenvalue weighted by Crippen LogP contribution is 2.29. The first kappa shape index (κ1) is 44.9. The minimum Gasteiger partial charge on any atom is -0.394 e. The van der Waals surface area contributed by atoms with Gasteiger partial charge in [-0.2, -0.15) is 0 Å². The molecular weight excluding hydrogens is 654 g/mol. The van der Waals surface area contributed by atoms with Crippen molar-refractivity contribution in [1.82, 2.24) is 5.32 Å². The Hall–Kier alpha value is -1.27. The lowest BCUT2D eigenvalue weighted by Gasteiger charge is -2.46. The number of unbranched alkanes of at least 4 members (excludes halogenated alkanes) is 13. The molecule has 1 amide bonds. The summed E-state index contributed by atoms with van der Waals surface area (Å²) in [5, 5.41) is 85.5. The predicted octanol–water partition coefficient (Wildman–Crippen LogP) is 1.31. The van der Waals surface area contributed by atoms with Crippen LogP contribution in [0.15, 0.2) is 12.2 Å². The molecule has 294 valence electrons. The van der Waals surface area contributed by atoms with Gasteiger partial charge in [0.15, 0.2) is 12.6 Å². The summed E-state index contributed by atoms with van der Waals surface area (Å²) in [6, 6.07) is -0.902. The van der Waals surface area contributed by atoms with E-state index in [4.69, 9.17) is 18.9 Å². The van der Waals surface area contributed by atoms with Gasteiger partial charge in [-0.05, 0) is 19.3 Å². The van der Waals surface area contributed by atoms with Crippen LogP contribution in [-0.2, 0) is 23.7 Å². The summed E-state index contributed by atoms with van der Waals surface area (Å²) in [7, 11) is 0. The van der Waals surface area contributed by atoms with Crippen LogP contribution in [-0.4, -0.2) is 140 Å². The number of carbonyl (C=O) groups excluding carboxylic acids is 1. The number of hydrogen-bond acceptors (Lipinski definition) is 13. The van der Waals surface area contributed by atoms with Crippen molar-refractivity contribution >= 4 is 5.91 Å². The van der Waals surface area contributed by atoms with E-state index in [0.29, 0.717) is 6.42 Å². The van der Waals surface area contributed by atoms with Crippen LogP contribution in [0.2, 0.25) is 0 Å². The molecule has 14 nitrogen and oxygen atoms in total. The van der Waals surface area contributed by atoms with Crippen LogP contribution in [0, 0.1) is 0 Å². The molecule has 50 heavy (non-hydrogen) atoms. The maximum Gasteiger partial charge on any atom is 0.220 e. The van der Waals surface area contributed by atoms with Crippen LogP contribution in [0.5, 0.6) is 0 Å². The van der Waals surface area contributed by atoms with Crippen molar-refractivity contribution in [3.05, 3.63) is 12.2 Å². The van der Waals surface area contributed by atoms with E-state index >= 15 is 0 Å². The van der Waals surface area contributed by atoms with Gasteiger partial charge >= 0.3 is 0 Å². The lowest BCUT2D eigenvalue weighted by molar-refractivity contribution is -0.359. The van der Waals surface area contributed by atoms with Crippen LogP contribution in [0.25, 0.3) is 0 Å². The summed E-state index contributed by atoms with van der Waals surface area (Å²) in [4.78, 5) is 12.7. The molecule has 12 atom stereocenters. The Labute approximate surface area is 297 Å². The summed E-state index contributed by atoms with van der Waals surface area (Å²) in [6.45, 7) is 2.54. The topological polar surface area (TPSA) is 228 Å². The molecule has 0 saturated carbocycles. The second kappa shape index (κ2) is 25.7.